The first-order valence-electron chi connectivity index (χ1n) is 18.8. The first-order chi connectivity index (χ1) is 26.9. The van der Waals surface area contributed by atoms with Crippen molar-refractivity contribution in [1.29, 1.82) is 0 Å². The third-order valence-corrected chi connectivity index (χ3v) is 11.9. The van der Waals surface area contributed by atoms with Gasteiger partial charge in [0.05, 0.1) is 66.5 Å². The zero-order valence-electron chi connectivity index (χ0n) is 30.9. The summed E-state index contributed by atoms with van der Waals surface area (Å²) >= 11 is 0. The van der Waals surface area contributed by atoms with Crippen LogP contribution < -0.4 is 0 Å². The van der Waals surface area contributed by atoms with Crippen LogP contribution in [-0.4, -0.2) is 32.5 Å². The molecular formula is C48H35N7. The molecule has 0 spiro atoms. The summed E-state index contributed by atoms with van der Waals surface area (Å²) in [5, 5.41) is 2.42. The summed E-state index contributed by atoms with van der Waals surface area (Å²) in [7, 11) is 0. The van der Waals surface area contributed by atoms with E-state index in [1.165, 1.54) is 33.0 Å². The molecule has 0 atom stereocenters. The summed E-state index contributed by atoms with van der Waals surface area (Å²) in [5.74, 6) is 1.81. The highest BCUT2D eigenvalue weighted by atomic mass is 15.2. The van der Waals surface area contributed by atoms with Crippen molar-refractivity contribution >= 4 is 77.5 Å². The Bertz CT molecular complexity index is 3600. The molecule has 0 unspecified atom stereocenters. The summed E-state index contributed by atoms with van der Waals surface area (Å²) < 4.78 is 11.7. The number of nitrogens with zero attached hydrogens (tertiary/aromatic N) is 7. The van der Waals surface area contributed by atoms with E-state index in [0.717, 1.165) is 83.8 Å². The summed E-state index contributed by atoms with van der Waals surface area (Å²) in [4.78, 5) is 10.5. The minimum atomic E-state index is 0.901. The van der Waals surface area contributed by atoms with Crippen LogP contribution in [0.15, 0.2) is 140 Å². The molecule has 12 aromatic rings. The highest BCUT2D eigenvalue weighted by Crippen LogP contribution is 2.37. The topological polar surface area (TPSA) is 49.4 Å². The molecule has 0 saturated carbocycles. The fourth-order valence-electron chi connectivity index (χ4n) is 8.97. The zero-order chi connectivity index (χ0) is 36.7. The molecule has 0 N–H and O–H groups in total. The SMILES string of the molecule is Cc1cc2nc3n(-c4cccc(-n5c6ccccc6c6ccc(-n7c8ccccc8n8c9ccccc9nc78)cc65)c4)c4cc(C)c(C)cc4n3c2cc1C. The van der Waals surface area contributed by atoms with Gasteiger partial charge in [-0.2, -0.15) is 0 Å². The van der Waals surface area contributed by atoms with E-state index in [0.29, 0.717) is 0 Å². The lowest BCUT2D eigenvalue weighted by Crippen LogP contribution is -2.00. The molecule has 0 aliphatic rings. The lowest BCUT2D eigenvalue weighted by Gasteiger charge is -2.13. The second kappa shape index (κ2) is 10.7. The van der Waals surface area contributed by atoms with Crippen LogP contribution in [0.5, 0.6) is 0 Å². The Labute approximate surface area is 315 Å². The highest BCUT2D eigenvalue weighted by Gasteiger charge is 2.22. The Kier molecular flexibility index (Phi) is 5.92. The van der Waals surface area contributed by atoms with E-state index in [2.05, 4.69) is 190 Å². The number of rotatable bonds is 3. The van der Waals surface area contributed by atoms with Gasteiger partial charge in [0.2, 0.25) is 11.6 Å². The number of imidazole rings is 4. The molecule has 262 valence electrons. The molecule has 0 saturated heterocycles. The Balaban J connectivity index is 1.13. The normalized spacial score (nSPS) is 12.4. The van der Waals surface area contributed by atoms with Crippen molar-refractivity contribution in [2.45, 2.75) is 27.7 Å². The molecule has 7 heteroatoms. The van der Waals surface area contributed by atoms with Crippen molar-refractivity contribution in [3.8, 4) is 17.1 Å². The van der Waals surface area contributed by atoms with E-state index < -0.39 is 0 Å². The maximum Gasteiger partial charge on any atom is 0.220 e. The van der Waals surface area contributed by atoms with Gasteiger partial charge in [-0.25, -0.2) is 9.97 Å². The third kappa shape index (κ3) is 4.04. The van der Waals surface area contributed by atoms with Crippen LogP contribution in [0.3, 0.4) is 0 Å². The molecular weight excluding hydrogens is 675 g/mol. The number of fused-ring (bicyclic) bond motifs is 13. The summed E-state index contributed by atoms with van der Waals surface area (Å²) in [6, 6.07) is 50.6. The standard InChI is InChI=1S/C48H35N7/c1-28-22-38-44(23-29(28)2)55-46-25-31(4)30(3)24-45(46)53(48(55)50-38)33-13-11-12-32(26-33)51-39-16-7-5-14-35(39)36-21-20-34(27-43(36)51)52-41-18-9-10-19-42(41)54-40-17-8-6-15-37(40)49-47(52)54/h5-27H,1-4H3. The van der Waals surface area contributed by atoms with Gasteiger partial charge in [0.15, 0.2) is 0 Å². The number of benzene rings is 7. The number of para-hydroxylation sites is 5. The van der Waals surface area contributed by atoms with Crippen molar-refractivity contribution < 1.29 is 0 Å². The maximum absolute atomic E-state index is 5.30. The van der Waals surface area contributed by atoms with E-state index in [4.69, 9.17) is 9.97 Å². The zero-order valence-corrected chi connectivity index (χ0v) is 30.9. The van der Waals surface area contributed by atoms with Crippen LogP contribution in [-0.2, 0) is 0 Å². The lowest BCUT2D eigenvalue weighted by molar-refractivity contribution is 1.09. The third-order valence-electron chi connectivity index (χ3n) is 11.9. The van der Waals surface area contributed by atoms with Crippen molar-refractivity contribution in [2.75, 3.05) is 0 Å². The van der Waals surface area contributed by atoms with Gasteiger partial charge in [0, 0.05) is 16.5 Å². The molecule has 7 aromatic carbocycles. The van der Waals surface area contributed by atoms with Gasteiger partial charge in [-0.1, -0.05) is 54.6 Å². The fraction of sp³-hybridized carbons (Fsp3) is 0.0833. The minimum absolute atomic E-state index is 0.901. The molecule has 5 heterocycles. The average Bonchev–Trinajstić information content (AvgIpc) is 3.98. The van der Waals surface area contributed by atoms with Crippen molar-refractivity contribution in [3.63, 3.8) is 0 Å². The summed E-state index contributed by atoms with van der Waals surface area (Å²) in [6.45, 7) is 8.74. The van der Waals surface area contributed by atoms with Crippen molar-refractivity contribution in [2.24, 2.45) is 0 Å². The van der Waals surface area contributed by atoms with Crippen molar-refractivity contribution in [1.82, 2.24) is 32.5 Å². The van der Waals surface area contributed by atoms with Crippen LogP contribution >= 0.6 is 0 Å². The first kappa shape index (κ1) is 30.4. The van der Waals surface area contributed by atoms with Crippen molar-refractivity contribution in [3.05, 3.63) is 162 Å². The number of aromatic nitrogens is 7. The van der Waals surface area contributed by atoms with Crippen LogP contribution in [0.1, 0.15) is 22.3 Å². The fourth-order valence-corrected chi connectivity index (χ4v) is 8.97. The first-order valence-corrected chi connectivity index (χ1v) is 18.8. The monoisotopic (exact) mass is 709 g/mol. The Morgan fingerprint density at radius 3 is 1.67 bits per heavy atom. The quantitative estimate of drug-likeness (QED) is 0.183. The predicted molar refractivity (Wildman–Crippen MR) is 226 cm³/mol. The second-order valence-corrected chi connectivity index (χ2v) is 15.1. The van der Waals surface area contributed by atoms with Gasteiger partial charge >= 0.3 is 0 Å². The van der Waals surface area contributed by atoms with Gasteiger partial charge in [-0.3, -0.25) is 17.9 Å². The van der Waals surface area contributed by atoms with E-state index in [-0.39, 0.29) is 0 Å². The number of aryl methyl sites for hydroxylation is 4. The number of hydrogen-bond donors (Lipinski definition) is 0. The molecule has 5 aromatic heterocycles. The van der Waals surface area contributed by atoms with Gasteiger partial charge in [0.25, 0.3) is 0 Å². The molecule has 0 aliphatic heterocycles. The predicted octanol–water partition coefficient (Wildman–Crippen LogP) is 11.5. The van der Waals surface area contributed by atoms with E-state index in [1.54, 1.807) is 0 Å². The van der Waals surface area contributed by atoms with Gasteiger partial charge in [0.1, 0.15) is 0 Å². The van der Waals surface area contributed by atoms with E-state index in [9.17, 15) is 0 Å². The molecule has 0 bridgehead atoms. The van der Waals surface area contributed by atoms with Gasteiger partial charge < -0.3 is 4.57 Å². The molecule has 12 rings (SSSR count). The average molecular weight is 710 g/mol. The van der Waals surface area contributed by atoms with Gasteiger partial charge in [-0.15, -0.1) is 0 Å². The molecule has 7 nitrogen and oxygen atoms in total. The Morgan fingerprint density at radius 1 is 0.327 bits per heavy atom. The van der Waals surface area contributed by atoms with Gasteiger partial charge in [-0.05, 0) is 135 Å². The van der Waals surface area contributed by atoms with E-state index in [1.807, 2.05) is 0 Å². The van der Waals surface area contributed by atoms with Crippen LogP contribution in [0.2, 0.25) is 0 Å². The smallest absolute Gasteiger partial charge is 0.220 e. The maximum atomic E-state index is 5.30. The summed E-state index contributed by atoms with van der Waals surface area (Å²) in [6.07, 6.45) is 0. The lowest BCUT2D eigenvalue weighted by atomic mass is 10.1. The van der Waals surface area contributed by atoms with E-state index >= 15 is 0 Å². The van der Waals surface area contributed by atoms with Crippen LogP contribution in [0.25, 0.3) is 94.6 Å². The van der Waals surface area contributed by atoms with Crippen LogP contribution in [0.4, 0.5) is 0 Å². The second-order valence-electron chi connectivity index (χ2n) is 15.1. The highest BCUT2D eigenvalue weighted by molar-refractivity contribution is 6.10. The molecule has 0 fully saturated rings. The molecule has 0 radical (unpaired) electrons. The van der Waals surface area contributed by atoms with Crippen LogP contribution in [0, 0.1) is 27.7 Å². The number of hydrogen-bond acceptors (Lipinski definition) is 2. The summed E-state index contributed by atoms with van der Waals surface area (Å²) in [5.41, 5.74) is 19.3. The Hall–Kier alpha value is -7.12. The molecule has 55 heavy (non-hydrogen) atoms. The Morgan fingerprint density at radius 2 is 0.873 bits per heavy atom. The minimum Gasteiger partial charge on any atom is -0.309 e. The molecule has 0 aliphatic carbocycles. The molecule has 0 amide bonds. The largest absolute Gasteiger partial charge is 0.309 e.